The topological polar surface area (TPSA) is 62.5 Å². The van der Waals surface area contributed by atoms with Crippen molar-refractivity contribution in [1.82, 2.24) is 19.9 Å². The van der Waals surface area contributed by atoms with E-state index in [9.17, 15) is 5.11 Å². The van der Waals surface area contributed by atoms with Crippen LogP contribution in [0, 0.1) is 0 Å². The third-order valence-electron chi connectivity index (χ3n) is 3.48. The van der Waals surface area contributed by atoms with Crippen LogP contribution in [0.2, 0.25) is 0 Å². The molecule has 0 saturated heterocycles. The SMILES string of the molecule is CCCNC(C)(CO)CC(C)Sc1nnc2ccccn12. The molecule has 0 fully saturated rings. The molecule has 0 spiro atoms. The monoisotopic (exact) mass is 308 g/mol. The Hall–Kier alpha value is -1.11. The van der Waals surface area contributed by atoms with Gasteiger partial charge in [-0.15, -0.1) is 10.2 Å². The summed E-state index contributed by atoms with van der Waals surface area (Å²) in [5, 5.41) is 22.7. The Labute approximate surface area is 130 Å². The van der Waals surface area contributed by atoms with Crippen LogP contribution in [0.3, 0.4) is 0 Å². The molecule has 21 heavy (non-hydrogen) atoms. The lowest BCUT2D eigenvalue weighted by molar-refractivity contribution is 0.166. The molecule has 2 rings (SSSR count). The highest BCUT2D eigenvalue weighted by atomic mass is 32.2. The lowest BCUT2D eigenvalue weighted by atomic mass is 9.97. The number of thioether (sulfide) groups is 1. The molecule has 0 aliphatic heterocycles. The molecule has 0 aliphatic carbocycles. The van der Waals surface area contributed by atoms with E-state index in [-0.39, 0.29) is 12.1 Å². The molecule has 116 valence electrons. The summed E-state index contributed by atoms with van der Waals surface area (Å²) in [7, 11) is 0. The molecule has 2 N–H and O–H groups in total. The highest BCUT2D eigenvalue weighted by Crippen LogP contribution is 2.27. The molecule has 2 aromatic heterocycles. The number of aromatic nitrogens is 3. The Bertz CT molecular complexity index is 574. The van der Waals surface area contributed by atoms with E-state index in [1.165, 1.54) is 0 Å². The van der Waals surface area contributed by atoms with Crippen molar-refractivity contribution in [2.45, 2.75) is 49.6 Å². The fourth-order valence-corrected chi connectivity index (χ4v) is 3.54. The fourth-order valence-electron chi connectivity index (χ4n) is 2.38. The van der Waals surface area contributed by atoms with E-state index in [1.807, 2.05) is 28.8 Å². The molecular formula is C15H24N4OS. The predicted molar refractivity (Wildman–Crippen MR) is 86.7 cm³/mol. The van der Waals surface area contributed by atoms with Crippen LogP contribution in [0.5, 0.6) is 0 Å². The number of hydrogen-bond donors (Lipinski definition) is 2. The average Bonchev–Trinajstić information content (AvgIpc) is 2.88. The van der Waals surface area contributed by atoms with Crippen molar-refractivity contribution < 1.29 is 5.11 Å². The van der Waals surface area contributed by atoms with Crippen LogP contribution in [0.4, 0.5) is 0 Å². The summed E-state index contributed by atoms with van der Waals surface area (Å²) < 4.78 is 2.00. The summed E-state index contributed by atoms with van der Waals surface area (Å²) in [6.45, 7) is 7.42. The van der Waals surface area contributed by atoms with Crippen molar-refractivity contribution in [3.8, 4) is 0 Å². The first-order valence-electron chi connectivity index (χ1n) is 7.40. The van der Waals surface area contributed by atoms with Gasteiger partial charge in [-0.2, -0.15) is 0 Å². The maximum absolute atomic E-state index is 9.65. The smallest absolute Gasteiger partial charge is 0.195 e. The van der Waals surface area contributed by atoms with Crippen molar-refractivity contribution in [2.24, 2.45) is 0 Å². The van der Waals surface area contributed by atoms with Gasteiger partial charge < -0.3 is 10.4 Å². The lowest BCUT2D eigenvalue weighted by Gasteiger charge is -2.31. The summed E-state index contributed by atoms with van der Waals surface area (Å²) in [4.78, 5) is 0. The Morgan fingerprint density at radius 1 is 1.43 bits per heavy atom. The van der Waals surface area contributed by atoms with Gasteiger partial charge in [-0.05, 0) is 38.4 Å². The van der Waals surface area contributed by atoms with Crippen LogP contribution in [0.1, 0.15) is 33.6 Å². The zero-order valence-corrected chi connectivity index (χ0v) is 13.7. The average molecular weight is 308 g/mol. The molecule has 2 heterocycles. The minimum absolute atomic E-state index is 0.137. The number of pyridine rings is 1. The summed E-state index contributed by atoms with van der Waals surface area (Å²) in [6, 6.07) is 5.88. The molecule has 0 amide bonds. The van der Waals surface area contributed by atoms with Gasteiger partial charge in [-0.1, -0.05) is 31.7 Å². The first kappa shape index (κ1) is 16.3. The number of aliphatic hydroxyl groups is 1. The van der Waals surface area contributed by atoms with Crippen molar-refractivity contribution in [1.29, 1.82) is 0 Å². The summed E-state index contributed by atoms with van der Waals surface area (Å²) in [6.07, 6.45) is 3.91. The van der Waals surface area contributed by atoms with Gasteiger partial charge in [0.25, 0.3) is 0 Å². The number of rotatable bonds is 8. The molecule has 0 aromatic carbocycles. The largest absolute Gasteiger partial charge is 0.394 e. The highest BCUT2D eigenvalue weighted by Gasteiger charge is 2.26. The molecule has 2 atom stereocenters. The summed E-state index contributed by atoms with van der Waals surface area (Å²) in [5.74, 6) is 0. The standard InChI is InChI=1S/C15H24N4OS/c1-4-8-16-15(3,11-20)10-12(2)21-14-18-17-13-7-5-6-9-19(13)14/h5-7,9,12,16,20H,4,8,10-11H2,1-3H3. The number of hydrogen-bond acceptors (Lipinski definition) is 5. The van der Waals surface area contributed by atoms with Gasteiger partial charge in [0.1, 0.15) is 0 Å². The Morgan fingerprint density at radius 3 is 2.95 bits per heavy atom. The highest BCUT2D eigenvalue weighted by molar-refractivity contribution is 7.99. The van der Waals surface area contributed by atoms with Crippen LogP contribution in [0.25, 0.3) is 5.65 Å². The van der Waals surface area contributed by atoms with Gasteiger partial charge in [-0.25, -0.2) is 0 Å². The Morgan fingerprint density at radius 2 is 2.24 bits per heavy atom. The second-order valence-corrected chi connectivity index (χ2v) is 7.10. The second kappa shape index (κ2) is 7.24. The molecule has 2 aromatic rings. The van der Waals surface area contributed by atoms with E-state index in [2.05, 4.69) is 36.3 Å². The molecule has 0 aliphatic rings. The summed E-state index contributed by atoms with van der Waals surface area (Å²) >= 11 is 1.69. The van der Waals surface area contributed by atoms with Gasteiger partial charge in [0.2, 0.25) is 0 Å². The van der Waals surface area contributed by atoms with Gasteiger partial charge in [0.15, 0.2) is 10.8 Å². The first-order valence-corrected chi connectivity index (χ1v) is 8.28. The van der Waals surface area contributed by atoms with Crippen LogP contribution in [-0.4, -0.2) is 43.6 Å². The van der Waals surface area contributed by atoms with E-state index >= 15 is 0 Å². The Balaban J connectivity index is 2.02. The van der Waals surface area contributed by atoms with Crippen LogP contribution in [-0.2, 0) is 0 Å². The maximum Gasteiger partial charge on any atom is 0.195 e. The van der Waals surface area contributed by atoms with Gasteiger partial charge in [0.05, 0.1) is 6.61 Å². The minimum atomic E-state index is -0.247. The van der Waals surface area contributed by atoms with E-state index in [0.717, 1.165) is 30.2 Å². The minimum Gasteiger partial charge on any atom is -0.394 e. The molecule has 5 nitrogen and oxygen atoms in total. The van der Waals surface area contributed by atoms with Gasteiger partial charge >= 0.3 is 0 Å². The first-order chi connectivity index (χ1) is 10.1. The van der Waals surface area contributed by atoms with E-state index < -0.39 is 0 Å². The third kappa shape index (κ3) is 4.18. The zero-order valence-electron chi connectivity index (χ0n) is 12.9. The molecule has 2 unspecified atom stereocenters. The quantitative estimate of drug-likeness (QED) is 0.733. The van der Waals surface area contributed by atoms with Crippen molar-refractivity contribution in [3.63, 3.8) is 0 Å². The number of nitrogens with zero attached hydrogens (tertiary/aromatic N) is 3. The van der Waals surface area contributed by atoms with Crippen molar-refractivity contribution in [3.05, 3.63) is 24.4 Å². The van der Waals surface area contributed by atoms with E-state index in [1.54, 1.807) is 11.8 Å². The van der Waals surface area contributed by atoms with Gasteiger partial charge in [-0.3, -0.25) is 4.40 Å². The predicted octanol–water partition coefficient (Wildman–Crippen LogP) is 2.35. The number of aliphatic hydroxyl groups excluding tert-OH is 1. The van der Waals surface area contributed by atoms with Crippen molar-refractivity contribution in [2.75, 3.05) is 13.2 Å². The molecular weight excluding hydrogens is 284 g/mol. The molecule has 0 bridgehead atoms. The molecule has 0 saturated carbocycles. The Kier molecular flexibility index (Phi) is 5.61. The van der Waals surface area contributed by atoms with Gasteiger partial charge in [0, 0.05) is 17.0 Å². The maximum atomic E-state index is 9.65. The second-order valence-electron chi connectivity index (χ2n) is 5.69. The third-order valence-corrected chi connectivity index (χ3v) is 4.54. The van der Waals surface area contributed by atoms with Crippen LogP contribution >= 0.6 is 11.8 Å². The molecule has 6 heteroatoms. The number of fused-ring (bicyclic) bond motifs is 1. The van der Waals surface area contributed by atoms with Crippen LogP contribution < -0.4 is 5.32 Å². The van der Waals surface area contributed by atoms with Crippen LogP contribution in [0.15, 0.2) is 29.6 Å². The number of nitrogens with one attached hydrogen (secondary N) is 1. The molecule has 0 radical (unpaired) electrons. The zero-order chi connectivity index (χ0) is 15.3. The normalized spacial score (nSPS) is 16.0. The fraction of sp³-hybridized carbons (Fsp3) is 0.600. The lowest BCUT2D eigenvalue weighted by Crippen LogP contribution is -2.47. The van der Waals surface area contributed by atoms with E-state index in [4.69, 9.17) is 0 Å². The van der Waals surface area contributed by atoms with Crippen molar-refractivity contribution >= 4 is 17.4 Å². The summed E-state index contributed by atoms with van der Waals surface area (Å²) in [5.41, 5.74) is 0.615. The van der Waals surface area contributed by atoms with E-state index in [0.29, 0.717) is 5.25 Å².